The summed E-state index contributed by atoms with van der Waals surface area (Å²) < 4.78 is 42.2. The summed E-state index contributed by atoms with van der Waals surface area (Å²) in [6, 6.07) is 5.00. The van der Waals surface area contributed by atoms with Crippen LogP contribution in [0.2, 0.25) is 0 Å². The van der Waals surface area contributed by atoms with Crippen LogP contribution in [0, 0.1) is 34.7 Å². The smallest absolute Gasteiger partial charge is 0.270 e. The molecule has 3 amide bonds. The van der Waals surface area contributed by atoms with Crippen LogP contribution in [0.1, 0.15) is 42.7 Å². The maximum absolute atomic E-state index is 14.3. The van der Waals surface area contributed by atoms with E-state index in [-0.39, 0.29) is 42.3 Å². The molecule has 3 aromatic rings. The van der Waals surface area contributed by atoms with Crippen molar-refractivity contribution in [3.63, 3.8) is 0 Å². The van der Waals surface area contributed by atoms with E-state index in [1.165, 1.54) is 18.1 Å². The van der Waals surface area contributed by atoms with Crippen molar-refractivity contribution < 1.29 is 27.6 Å². The first-order chi connectivity index (χ1) is 18.5. The molecule has 0 saturated carbocycles. The molecule has 1 unspecified atom stereocenters. The minimum atomic E-state index is -1.40. The normalized spacial score (nSPS) is 20.8. The SMILES string of the molecule is CC(C)CC(C(=O)N1C[C@]2(C[C@H]1C#N)C(=O)Nc1ncccc12)N(C)C(=O)c1cc2c(F)cc(F)c(F)c2[nH]1. The molecule has 1 aromatic carbocycles. The fourth-order valence-corrected chi connectivity index (χ4v) is 5.55. The van der Waals surface area contributed by atoms with E-state index < -0.39 is 52.3 Å². The van der Waals surface area contributed by atoms with Gasteiger partial charge in [0, 0.05) is 43.2 Å². The van der Waals surface area contributed by atoms with Gasteiger partial charge in [-0.2, -0.15) is 5.26 Å². The van der Waals surface area contributed by atoms with E-state index in [9.17, 15) is 32.8 Å². The number of rotatable bonds is 5. The van der Waals surface area contributed by atoms with E-state index in [4.69, 9.17) is 0 Å². The van der Waals surface area contributed by atoms with Gasteiger partial charge in [-0.25, -0.2) is 18.2 Å². The third-order valence-corrected chi connectivity index (χ3v) is 7.54. The predicted octanol–water partition coefficient (Wildman–Crippen LogP) is 3.48. The number of fused-ring (bicyclic) bond motifs is 3. The van der Waals surface area contributed by atoms with Gasteiger partial charge in [0.15, 0.2) is 11.6 Å². The first-order valence-corrected chi connectivity index (χ1v) is 12.4. The Balaban J connectivity index is 1.48. The van der Waals surface area contributed by atoms with Gasteiger partial charge >= 0.3 is 0 Å². The largest absolute Gasteiger partial charge is 0.348 e. The van der Waals surface area contributed by atoms with E-state index in [1.54, 1.807) is 12.1 Å². The number of pyridine rings is 1. The number of likely N-dealkylation sites (N-methyl/N-ethyl adjacent to an activating group) is 1. The lowest BCUT2D eigenvalue weighted by atomic mass is 9.80. The van der Waals surface area contributed by atoms with Gasteiger partial charge in [0.25, 0.3) is 5.91 Å². The Labute approximate surface area is 221 Å². The Morgan fingerprint density at radius 3 is 2.72 bits per heavy atom. The Bertz CT molecular complexity index is 1560. The van der Waals surface area contributed by atoms with Gasteiger partial charge in [-0.15, -0.1) is 0 Å². The van der Waals surface area contributed by atoms with Crippen molar-refractivity contribution >= 4 is 34.4 Å². The minimum absolute atomic E-state index is 0.0577. The monoisotopic (exact) mass is 538 g/mol. The molecule has 2 aliphatic rings. The zero-order valence-corrected chi connectivity index (χ0v) is 21.4. The van der Waals surface area contributed by atoms with Gasteiger partial charge in [0.05, 0.1) is 17.0 Å². The summed E-state index contributed by atoms with van der Waals surface area (Å²) in [5.74, 6) is -5.09. The molecule has 1 spiro atoms. The van der Waals surface area contributed by atoms with Crippen molar-refractivity contribution in [1.82, 2.24) is 19.8 Å². The lowest BCUT2D eigenvalue weighted by Crippen LogP contribution is -2.52. The summed E-state index contributed by atoms with van der Waals surface area (Å²) in [4.78, 5) is 49.6. The standard InChI is InChI=1S/C27H25F3N6O3/c1-13(2)7-20(35(3)24(37)19-8-15-17(28)9-18(29)21(30)22(15)33-19)25(38)36-12-27(10-14(36)11-31)16-5-4-6-32-23(16)34-26(27)39/h4-6,8-9,13-14,20,33H,7,10,12H2,1-3H3,(H,32,34,39)/t14-,20?,27-/m0/s1. The van der Waals surface area contributed by atoms with Crippen molar-refractivity contribution in [3.05, 3.63) is 59.2 Å². The van der Waals surface area contributed by atoms with E-state index in [0.29, 0.717) is 17.4 Å². The first-order valence-electron chi connectivity index (χ1n) is 12.4. The summed E-state index contributed by atoms with van der Waals surface area (Å²) in [6.07, 6.45) is 1.82. The number of aromatic nitrogens is 2. The summed E-state index contributed by atoms with van der Waals surface area (Å²) in [6.45, 7) is 3.64. The van der Waals surface area contributed by atoms with Gasteiger partial charge in [-0.1, -0.05) is 19.9 Å². The van der Waals surface area contributed by atoms with Gasteiger partial charge < -0.3 is 20.1 Å². The molecule has 0 bridgehead atoms. The maximum atomic E-state index is 14.3. The fourth-order valence-electron chi connectivity index (χ4n) is 5.55. The predicted molar refractivity (Wildman–Crippen MR) is 134 cm³/mol. The number of benzene rings is 1. The van der Waals surface area contributed by atoms with E-state index in [1.807, 2.05) is 13.8 Å². The van der Waals surface area contributed by atoms with Gasteiger partial charge in [-0.05, 0) is 24.5 Å². The molecule has 12 heteroatoms. The second-order valence-electron chi connectivity index (χ2n) is 10.4. The molecule has 9 nitrogen and oxygen atoms in total. The highest BCUT2D eigenvalue weighted by molar-refractivity contribution is 6.06. The number of aromatic amines is 1. The van der Waals surface area contributed by atoms with Gasteiger partial charge in [0.2, 0.25) is 11.8 Å². The first kappa shape index (κ1) is 26.2. The van der Waals surface area contributed by atoms with E-state index in [2.05, 4.69) is 21.4 Å². The van der Waals surface area contributed by atoms with Crippen LogP contribution in [-0.4, -0.2) is 63.2 Å². The number of hydrogen-bond donors (Lipinski definition) is 2. The highest BCUT2D eigenvalue weighted by Gasteiger charge is 2.57. The van der Waals surface area contributed by atoms with Crippen molar-refractivity contribution in [2.45, 2.75) is 44.2 Å². The Morgan fingerprint density at radius 1 is 1.28 bits per heavy atom. The van der Waals surface area contributed by atoms with Crippen LogP contribution in [0.15, 0.2) is 30.5 Å². The molecule has 2 aliphatic heterocycles. The molecule has 39 heavy (non-hydrogen) atoms. The van der Waals surface area contributed by atoms with Crippen molar-refractivity contribution in [3.8, 4) is 6.07 Å². The van der Waals surface area contributed by atoms with Crippen LogP contribution in [0.4, 0.5) is 19.0 Å². The number of amides is 3. The van der Waals surface area contributed by atoms with E-state index >= 15 is 0 Å². The molecular formula is C27H25F3N6O3. The number of hydrogen-bond acceptors (Lipinski definition) is 5. The number of nitrogens with one attached hydrogen (secondary N) is 2. The van der Waals surface area contributed by atoms with Crippen LogP contribution in [0.5, 0.6) is 0 Å². The van der Waals surface area contributed by atoms with Crippen LogP contribution in [0.3, 0.4) is 0 Å². The van der Waals surface area contributed by atoms with Crippen molar-refractivity contribution in [1.29, 1.82) is 5.26 Å². The molecule has 1 saturated heterocycles. The quantitative estimate of drug-likeness (QED) is 0.482. The molecule has 0 radical (unpaired) electrons. The molecule has 2 aromatic heterocycles. The average Bonchev–Trinajstić information content (AvgIpc) is 3.60. The lowest BCUT2D eigenvalue weighted by molar-refractivity contribution is -0.136. The van der Waals surface area contributed by atoms with E-state index in [0.717, 1.165) is 11.0 Å². The second-order valence-corrected chi connectivity index (χ2v) is 10.4. The Morgan fingerprint density at radius 2 is 2.03 bits per heavy atom. The molecule has 0 aliphatic carbocycles. The third kappa shape index (κ3) is 4.09. The minimum Gasteiger partial charge on any atom is -0.348 e. The van der Waals surface area contributed by atoms with Crippen molar-refractivity contribution in [2.24, 2.45) is 5.92 Å². The Kier molecular flexibility index (Phi) is 6.33. The van der Waals surface area contributed by atoms with Crippen LogP contribution in [0.25, 0.3) is 10.9 Å². The number of H-pyrrole nitrogens is 1. The fraction of sp³-hybridized carbons (Fsp3) is 0.370. The topological polar surface area (TPSA) is 122 Å². The number of likely N-dealkylation sites (tertiary alicyclic amines) is 1. The zero-order chi connectivity index (χ0) is 28.2. The van der Waals surface area contributed by atoms with Gasteiger partial charge in [0.1, 0.15) is 29.4 Å². The van der Waals surface area contributed by atoms with Gasteiger partial charge in [-0.3, -0.25) is 14.4 Å². The third-order valence-electron chi connectivity index (χ3n) is 7.54. The van der Waals surface area contributed by atoms with Crippen LogP contribution < -0.4 is 5.32 Å². The van der Waals surface area contributed by atoms with Crippen LogP contribution in [-0.2, 0) is 15.0 Å². The second kappa shape index (κ2) is 9.41. The maximum Gasteiger partial charge on any atom is 0.270 e. The molecule has 5 rings (SSSR count). The summed E-state index contributed by atoms with van der Waals surface area (Å²) in [5, 5.41) is 12.4. The molecular weight excluding hydrogens is 513 g/mol. The van der Waals surface area contributed by atoms with Crippen molar-refractivity contribution in [2.75, 3.05) is 18.9 Å². The molecule has 4 heterocycles. The number of nitrogens with zero attached hydrogens (tertiary/aromatic N) is 4. The zero-order valence-electron chi connectivity index (χ0n) is 21.4. The Hall–Kier alpha value is -4.40. The number of nitriles is 1. The molecule has 1 fully saturated rings. The average molecular weight is 539 g/mol. The molecule has 3 atom stereocenters. The highest BCUT2D eigenvalue weighted by Crippen LogP contribution is 2.45. The molecule has 202 valence electrons. The summed E-state index contributed by atoms with van der Waals surface area (Å²) in [5.41, 5.74) is -1.28. The number of anilines is 1. The number of carbonyl (C=O) groups is 3. The summed E-state index contributed by atoms with van der Waals surface area (Å²) in [7, 11) is 1.38. The number of carbonyl (C=O) groups excluding carboxylic acids is 3. The highest BCUT2D eigenvalue weighted by atomic mass is 19.2. The summed E-state index contributed by atoms with van der Waals surface area (Å²) >= 11 is 0. The number of halogens is 3. The molecule has 2 N–H and O–H groups in total. The van der Waals surface area contributed by atoms with Crippen LogP contribution >= 0.6 is 0 Å². The lowest BCUT2D eigenvalue weighted by Gasteiger charge is -2.33.